The molecule has 1 fully saturated rings. The van der Waals surface area contributed by atoms with E-state index in [9.17, 15) is 18.0 Å². The van der Waals surface area contributed by atoms with Crippen LogP contribution in [0.4, 0.5) is 0 Å². The van der Waals surface area contributed by atoms with E-state index in [0.29, 0.717) is 32.5 Å². The number of piperidine rings is 1. The number of amides is 1. The molecule has 0 aliphatic carbocycles. The van der Waals surface area contributed by atoms with Gasteiger partial charge in [0.05, 0.1) is 12.8 Å². The molecule has 1 aliphatic heterocycles. The van der Waals surface area contributed by atoms with Crippen molar-refractivity contribution in [2.45, 2.75) is 31.7 Å². The molecule has 0 bridgehead atoms. The number of hydrogen-bond acceptors (Lipinski definition) is 5. The van der Waals surface area contributed by atoms with Crippen LogP contribution < -0.4 is 5.32 Å². The lowest BCUT2D eigenvalue weighted by atomic mass is 10.0. The standard InChI is InChI=1S/C13H25N3O5S/c1-15(22(2,20)21)8-5-7-14-12(17)10-16-9-4-3-6-11(16)13(18)19/h11H,3-10H2,1-2H3,(H,14,17)(H,18,19). The van der Waals surface area contributed by atoms with Crippen molar-refractivity contribution in [3.63, 3.8) is 0 Å². The number of nitrogens with one attached hydrogen (secondary N) is 1. The fraction of sp³-hybridized carbons (Fsp3) is 0.846. The summed E-state index contributed by atoms with van der Waals surface area (Å²) in [5, 5.41) is 11.8. The van der Waals surface area contributed by atoms with E-state index in [1.807, 2.05) is 0 Å². The molecule has 0 radical (unpaired) electrons. The molecule has 0 aromatic rings. The van der Waals surface area contributed by atoms with Crippen molar-refractivity contribution in [3.05, 3.63) is 0 Å². The quantitative estimate of drug-likeness (QED) is 0.569. The lowest BCUT2D eigenvalue weighted by Gasteiger charge is -2.32. The maximum atomic E-state index is 11.8. The van der Waals surface area contributed by atoms with Gasteiger partial charge in [0.2, 0.25) is 15.9 Å². The van der Waals surface area contributed by atoms with E-state index in [1.54, 1.807) is 4.90 Å². The van der Waals surface area contributed by atoms with Crippen LogP contribution in [0.5, 0.6) is 0 Å². The number of carbonyl (C=O) groups excluding carboxylic acids is 1. The Morgan fingerprint density at radius 2 is 2.05 bits per heavy atom. The molecule has 8 nitrogen and oxygen atoms in total. The second-order valence-electron chi connectivity index (χ2n) is 5.61. The lowest BCUT2D eigenvalue weighted by molar-refractivity contribution is -0.145. The molecule has 0 aromatic heterocycles. The zero-order valence-electron chi connectivity index (χ0n) is 13.1. The van der Waals surface area contributed by atoms with E-state index in [-0.39, 0.29) is 12.5 Å². The van der Waals surface area contributed by atoms with Crippen molar-refractivity contribution >= 4 is 21.9 Å². The molecule has 0 saturated carbocycles. The molecule has 1 rings (SSSR count). The van der Waals surface area contributed by atoms with Gasteiger partial charge in [0.25, 0.3) is 0 Å². The molecule has 0 spiro atoms. The number of aliphatic carboxylic acids is 1. The van der Waals surface area contributed by atoms with Gasteiger partial charge in [0.1, 0.15) is 6.04 Å². The highest BCUT2D eigenvalue weighted by Crippen LogP contribution is 2.16. The number of likely N-dealkylation sites (tertiary alicyclic amines) is 1. The number of nitrogens with zero attached hydrogens (tertiary/aromatic N) is 2. The average Bonchev–Trinajstić information content (AvgIpc) is 2.42. The van der Waals surface area contributed by atoms with Gasteiger partial charge in [-0.3, -0.25) is 14.5 Å². The summed E-state index contributed by atoms with van der Waals surface area (Å²) in [6.45, 7) is 1.38. The Labute approximate surface area is 131 Å². The Hall–Kier alpha value is -1.19. The van der Waals surface area contributed by atoms with Gasteiger partial charge in [-0.1, -0.05) is 6.42 Å². The van der Waals surface area contributed by atoms with Crippen LogP contribution in [-0.2, 0) is 19.6 Å². The van der Waals surface area contributed by atoms with Crippen molar-refractivity contribution in [2.75, 3.05) is 39.5 Å². The Kier molecular flexibility index (Phi) is 7.24. The van der Waals surface area contributed by atoms with Crippen LogP contribution in [-0.4, -0.2) is 80.1 Å². The number of carboxylic acids is 1. The number of rotatable bonds is 8. The van der Waals surface area contributed by atoms with Crippen LogP contribution in [0.25, 0.3) is 0 Å². The summed E-state index contributed by atoms with van der Waals surface area (Å²) in [7, 11) is -1.71. The van der Waals surface area contributed by atoms with Crippen molar-refractivity contribution in [3.8, 4) is 0 Å². The van der Waals surface area contributed by atoms with Gasteiger partial charge < -0.3 is 10.4 Å². The van der Waals surface area contributed by atoms with Gasteiger partial charge in [0.15, 0.2) is 0 Å². The van der Waals surface area contributed by atoms with Crippen LogP contribution >= 0.6 is 0 Å². The fourth-order valence-electron chi connectivity index (χ4n) is 2.40. The monoisotopic (exact) mass is 335 g/mol. The SMILES string of the molecule is CN(CCCNC(=O)CN1CCCCC1C(=O)O)S(C)(=O)=O. The minimum absolute atomic E-state index is 0.0683. The highest BCUT2D eigenvalue weighted by Gasteiger charge is 2.29. The summed E-state index contributed by atoms with van der Waals surface area (Å²) in [6.07, 6.45) is 3.98. The van der Waals surface area contributed by atoms with Crippen molar-refractivity contribution in [1.29, 1.82) is 0 Å². The van der Waals surface area contributed by atoms with Crippen molar-refractivity contribution in [1.82, 2.24) is 14.5 Å². The summed E-state index contributed by atoms with van der Waals surface area (Å²) in [5.74, 6) is -1.11. The van der Waals surface area contributed by atoms with Gasteiger partial charge >= 0.3 is 5.97 Å². The average molecular weight is 335 g/mol. The Bertz CT molecular complexity index is 494. The molecule has 1 atom stereocenters. The van der Waals surface area contributed by atoms with E-state index in [1.165, 1.54) is 11.4 Å². The zero-order chi connectivity index (χ0) is 16.8. The van der Waals surface area contributed by atoms with E-state index in [0.717, 1.165) is 19.1 Å². The maximum Gasteiger partial charge on any atom is 0.320 e. The maximum absolute atomic E-state index is 11.8. The first-order valence-electron chi connectivity index (χ1n) is 7.36. The predicted molar refractivity (Wildman–Crippen MR) is 81.9 cm³/mol. The highest BCUT2D eigenvalue weighted by molar-refractivity contribution is 7.88. The predicted octanol–water partition coefficient (Wildman–Crippen LogP) is -0.677. The van der Waals surface area contributed by atoms with E-state index >= 15 is 0 Å². The molecule has 1 amide bonds. The zero-order valence-corrected chi connectivity index (χ0v) is 13.9. The van der Waals surface area contributed by atoms with E-state index in [4.69, 9.17) is 5.11 Å². The van der Waals surface area contributed by atoms with Crippen LogP contribution in [0.3, 0.4) is 0 Å². The largest absolute Gasteiger partial charge is 0.480 e. The number of sulfonamides is 1. The molecule has 1 saturated heterocycles. The Morgan fingerprint density at radius 3 is 2.64 bits per heavy atom. The van der Waals surface area contributed by atoms with E-state index < -0.39 is 22.0 Å². The highest BCUT2D eigenvalue weighted by atomic mass is 32.2. The minimum atomic E-state index is -3.20. The van der Waals surface area contributed by atoms with Crippen LogP contribution in [0, 0.1) is 0 Å². The van der Waals surface area contributed by atoms with Gasteiger partial charge in [-0.05, 0) is 25.8 Å². The molecule has 128 valence electrons. The molecule has 0 aromatic carbocycles. The molecule has 22 heavy (non-hydrogen) atoms. The summed E-state index contributed by atoms with van der Waals surface area (Å²) >= 11 is 0. The number of hydrogen-bond donors (Lipinski definition) is 2. The van der Waals surface area contributed by atoms with Gasteiger partial charge in [0, 0.05) is 20.1 Å². The van der Waals surface area contributed by atoms with Crippen LogP contribution in [0.1, 0.15) is 25.7 Å². The summed E-state index contributed by atoms with van der Waals surface area (Å²) in [6, 6.07) is -0.587. The molecule has 2 N–H and O–H groups in total. The molecule has 9 heteroatoms. The summed E-state index contributed by atoms with van der Waals surface area (Å²) in [5.41, 5.74) is 0. The smallest absolute Gasteiger partial charge is 0.320 e. The summed E-state index contributed by atoms with van der Waals surface area (Å²) < 4.78 is 23.6. The van der Waals surface area contributed by atoms with Crippen molar-refractivity contribution in [2.24, 2.45) is 0 Å². The molecule has 1 heterocycles. The van der Waals surface area contributed by atoms with Crippen LogP contribution in [0.2, 0.25) is 0 Å². The third kappa shape index (κ3) is 6.29. The third-order valence-corrected chi connectivity index (χ3v) is 5.10. The molecule has 1 aliphatic rings. The molecule has 1 unspecified atom stereocenters. The van der Waals surface area contributed by atoms with Gasteiger partial charge in [-0.15, -0.1) is 0 Å². The third-order valence-electron chi connectivity index (χ3n) is 3.78. The fourth-order valence-corrected chi connectivity index (χ4v) is 2.86. The van der Waals surface area contributed by atoms with Gasteiger partial charge in [-0.25, -0.2) is 12.7 Å². The summed E-state index contributed by atoms with van der Waals surface area (Å²) in [4.78, 5) is 24.7. The Balaban J connectivity index is 2.29. The second kappa shape index (κ2) is 8.44. The first-order chi connectivity index (χ1) is 10.2. The first kappa shape index (κ1) is 18.9. The minimum Gasteiger partial charge on any atom is -0.480 e. The van der Waals surface area contributed by atoms with Crippen LogP contribution in [0.15, 0.2) is 0 Å². The Morgan fingerprint density at radius 1 is 1.36 bits per heavy atom. The number of carbonyl (C=O) groups is 2. The van der Waals surface area contributed by atoms with E-state index in [2.05, 4.69) is 5.32 Å². The molecular formula is C13H25N3O5S. The van der Waals surface area contributed by atoms with Crippen molar-refractivity contribution < 1.29 is 23.1 Å². The second-order valence-corrected chi connectivity index (χ2v) is 7.70. The van der Waals surface area contributed by atoms with Gasteiger partial charge in [-0.2, -0.15) is 0 Å². The topological polar surface area (TPSA) is 107 Å². The lowest BCUT2D eigenvalue weighted by Crippen LogP contribution is -2.49. The molecular weight excluding hydrogens is 310 g/mol. The normalized spacial score (nSPS) is 20.0. The first-order valence-corrected chi connectivity index (χ1v) is 9.21. The number of carboxylic acid groups (broad SMARTS) is 1.